The number of rotatable bonds is 4. The van der Waals surface area contributed by atoms with Crippen molar-refractivity contribution in [2.24, 2.45) is 0 Å². The third-order valence-electron chi connectivity index (χ3n) is 4.05. The highest BCUT2D eigenvalue weighted by Gasteiger charge is 2.40. The highest BCUT2D eigenvalue weighted by Crippen LogP contribution is 2.33. The molecule has 0 N–H and O–H groups in total. The van der Waals surface area contributed by atoms with Crippen LogP contribution in [-0.2, 0) is 14.3 Å². The van der Waals surface area contributed by atoms with Crippen molar-refractivity contribution in [3.05, 3.63) is 24.3 Å². The Morgan fingerprint density at radius 3 is 2.67 bits per heavy atom. The molecule has 8 heteroatoms. The molecular weight excluding hydrogens is 322 g/mol. The number of alkyl halides is 2. The van der Waals surface area contributed by atoms with E-state index >= 15 is 0 Å². The SMILES string of the molecule is CC(=O)N1CC(C(=O)N2CC(OCC(F)F)C2)Oc2ccccc21. The number of halogens is 2. The number of hydrogen-bond donors (Lipinski definition) is 0. The molecule has 0 aromatic heterocycles. The fraction of sp³-hybridized carbons (Fsp3) is 0.500. The molecule has 1 atom stereocenters. The number of hydrogen-bond acceptors (Lipinski definition) is 4. The number of ether oxygens (including phenoxy) is 2. The van der Waals surface area contributed by atoms with Crippen LogP contribution in [0.25, 0.3) is 0 Å². The van der Waals surface area contributed by atoms with Gasteiger partial charge in [-0.15, -0.1) is 0 Å². The second-order valence-corrected chi connectivity index (χ2v) is 5.79. The molecule has 2 aliphatic heterocycles. The van der Waals surface area contributed by atoms with Crippen molar-refractivity contribution in [3.63, 3.8) is 0 Å². The van der Waals surface area contributed by atoms with Crippen LogP contribution in [0, 0.1) is 0 Å². The van der Waals surface area contributed by atoms with E-state index in [0.29, 0.717) is 11.4 Å². The molecule has 130 valence electrons. The van der Waals surface area contributed by atoms with Gasteiger partial charge in [0.25, 0.3) is 12.3 Å². The highest BCUT2D eigenvalue weighted by atomic mass is 19.3. The fourth-order valence-corrected chi connectivity index (χ4v) is 2.80. The summed E-state index contributed by atoms with van der Waals surface area (Å²) in [7, 11) is 0. The summed E-state index contributed by atoms with van der Waals surface area (Å²) in [6.45, 7) is 1.45. The van der Waals surface area contributed by atoms with Crippen molar-refractivity contribution in [1.82, 2.24) is 4.90 Å². The Bertz CT molecular complexity index is 634. The number of carbonyl (C=O) groups excluding carboxylic acids is 2. The minimum absolute atomic E-state index is 0.129. The van der Waals surface area contributed by atoms with Gasteiger partial charge in [0.05, 0.1) is 18.3 Å². The first-order chi connectivity index (χ1) is 11.5. The van der Waals surface area contributed by atoms with Crippen molar-refractivity contribution in [2.45, 2.75) is 25.6 Å². The van der Waals surface area contributed by atoms with E-state index in [9.17, 15) is 18.4 Å². The van der Waals surface area contributed by atoms with E-state index in [-0.39, 0.29) is 37.6 Å². The van der Waals surface area contributed by atoms with Crippen LogP contribution in [0.4, 0.5) is 14.5 Å². The van der Waals surface area contributed by atoms with Gasteiger partial charge in [-0.05, 0) is 12.1 Å². The van der Waals surface area contributed by atoms with E-state index in [0.717, 1.165) is 0 Å². The summed E-state index contributed by atoms with van der Waals surface area (Å²) in [6, 6.07) is 7.02. The number of nitrogens with zero attached hydrogens (tertiary/aromatic N) is 2. The Balaban J connectivity index is 1.62. The van der Waals surface area contributed by atoms with Crippen LogP contribution < -0.4 is 9.64 Å². The zero-order valence-electron chi connectivity index (χ0n) is 13.2. The molecule has 6 nitrogen and oxygen atoms in total. The molecule has 0 radical (unpaired) electrons. The molecule has 2 amide bonds. The lowest BCUT2D eigenvalue weighted by Gasteiger charge is -2.42. The number of para-hydroxylation sites is 2. The lowest BCUT2D eigenvalue weighted by molar-refractivity contribution is -0.155. The number of carbonyl (C=O) groups is 2. The molecule has 3 rings (SSSR count). The summed E-state index contributed by atoms with van der Waals surface area (Å²) in [5.41, 5.74) is 0.635. The maximum Gasteiger partial charge on any atom is 0.265 e. The molecule has 1 saturated heterocycles. The zero-order valence-corrected chi connectivity index (χ0v) is 13.2. The minimum atomic E-state index is -2.52. The number of fused-ring (bicyclic) bond motifs is 1. The molecule has 2 aliphatic rings. The molecule has 0 bridgehead atoms. The van der Waals surface area contributed by atoms with E-state index in [1.165, 1.54) is 16.7 Å². The fourth-order valence-electron chi connectivity index (χ4n) is 2.80. The van der Waals surface area contributed by atoms with Crippen molar-refractivity contribution in [3.8, 4) is 5.75 Å². The Morgan fingerprint density at radius 2 is 2.00 bits per heavy atom. The second kappa shape index (κ2) is 6.72. The van der Waals surface area contributed by atoms with E-state index in [1.54, 1.807) is 24.3 Å². The molecule has 1 fully saturated rings. The van der Waals surface area contributed by atoms with Gasteiger partial charge in [0.2, 0.25) is 5.91 Å². The smallest absolute Gasteiger partial charge is 0.265 e. The monoisotopic (exact) mass is 340 g/mol. The third-order valence-corrected chi connectivity index (χ3v) is 4.05. The summed E-state index contributed by atoms with van der Waals surface area (Å²) in [6.07, 6.45) is -3.69. The quantitative estimate of drug-likeness (QED) is 0.829. The van der Waals surface area contributed by atoms with Crippen LogP contribution in [0.15, 0.2) is 24.3 Å². The standard InChI is InChI=1S/C16H18F2N2O4/c1-10(21)20-8-14(24-13-5-3-2-4-12(13)20)16(22)19-6-11(7-19)23-9-15(17)18/h2-5,11,14-15H,6-9H2,1H3. The summed E-state index contributed by atoms with van der Waals surface area (Å²) in [5, 5.41) is 0. The molecule has 1 aromatic rings. The summed E-state index contributed by atoms with van der Waals surface area (Å²) < 4.78 is 34.9. The van der Waals surface area contributed by atoms with Gasteiger partial charge in [0, 0.05) is 20.0 Å². The van der Waals surface area contributed by atoms with Gasteiger partial charge in [-0.25, -0.2) is 8.78 Å². The first kappa shape index (κ1) is 16.6. The van der Waals surface area contributed by atoms with Crippen LogP contribution in [0.2, 0.25) is 0 Å². The topological polar surface area (TPSA) is 59.1 Å². The van der Waals surface area contributed by atoms with Crippen LogP contribution in [0.5, 0.6) is 5.75 Å². The van der Waals surface area contributed by atoms with Crippen LogP contribution in [-0.4, -0.2) is 61.6 Å². The molecule has 1 aromatic carbocycles. The summed E-state index contributed by atoms with van der Waals surface area (Å²) >= 11 is 0. The Kier molecular flexibility index (Phi) is 4.66. The maximum absolute atomic E-state index is 12.5. The molecule has 0 saturated carbocycles. The first-order valence-corrected chi connectivity index (χ1v) is 7.68. The molecular formula is C16H18F2N2O4. The summed E-state index contributed by atoms with van der Waals surface area (Å²) in [4.78, 5) is 27.3. The normalized spacial score (nSPS) is 20.4. The van der Waals surface area contributed by atoms with E-state index in [1.807, 2.05) is 0 Å². The maximum atomic E-state index is 12.5. The van der Waals surface area contributed by atoms with Crippen LogP contribution >= 0.6 is 0 Å². The average Bonchev–Trinajstić information content (AvgIpc) is 2.51. The predicted molar refractivity (Wildman–Crippen MR) is 81.2 cm³/mol. The zero-order chi connectivity index (χ0) is 17.3. The van der Waals surface area contributed by atoms with Gasteiger partial charge in [0.1, 0.15) is 12.4 Å². The number of amides is 2. The molecule has 2 heterocycles. The summed E-state index contributed by atoms with van der Waals surface area (Å²) in [5.74, 6) is 0.0290. The molecule has 0 spiro atoms. The van der Waals surface area contributed by atoms with Gasteiger partial charge >= 0.3 is 0 Å². The predicted octanol–water partition coefficient (Wildman–Crippen LogP) is 1.29. The van der Waals surface area contributed by atoms with Crippen LogP contribution in [0.1, 0.15) is 6.92 Å². The Morgan fingerprint density at radius 1 is 1.29 bits per heavy atom. The Labute approximate surface area is 137 Å². The van der Waals surface area contributed by atoms with Crippen LogP contribution in [0.3, 0.4) is 0 Å². The van der Waals surface area contributed by atoms with Gasteiger partial charge in [-0.1, -0.05) is 12.1 Å². The van der Waals surface area contributed by atoms with Gasteiger partial charge < -0.3 is 19.3 Å². The average molecular weight is 340 g/mol. The number of benzene rings is 1. The van der Waals surface area contributed by atoms with E-state index < -0.39 is 19.1 Å². The lowest BCUT2D eigenvalue weighted by atomic mass is 10.1. The first-order valence-electron chi connectivity index (χ1n) is 7.68. The Hall–Kier alpha value is -2.22. The molecule has 24 heavy (non-hydrogen) atoms. The molecule has 0 aliphatic carbocycles. The van der Waals surface area contributed by atoms with Crippen molar-refractivity contribution in [1.29, 1.82) is 0 Å². The minimum Gasteiger partial charge on any atom is -0.476 e. The lowest BCUT2D eigenvalue weighted by Crippen LogP contribution is -2.60. The van der Waals surface area contributed by atoms with E-state index in [4.69, 9.17) is 9.47 Å². The van der Waals surface area contributed by atoms with E-state index in [2.05, 4.69) is 0 Å². The third kappa shape index (κ3) is 3.33. The van der Waals surface area contributed by atoms with Crippen molar-refractivity contribution >= 4 is 17.5 Å². The largest absolute Gasteiger partial charge is 0.476 e. The molecule has 1 unspecified atom stereocenters. The van der Waals surface area contributed by atoms with Gasteiger partial charge in [-0.3, -0.25) is 9.59 Å². The second-order valence-electron chi connectivity index (χ2n) is 5.79. The van der Waals surface area contributed by atoms with Crippen molar-refractivity contribution in [2.75, 3.05) is 31.1 Å². The van der Waals surface area contributed by atoms with Gasteiger partial charge in [-0.2, -0.15) is 0 Å². The van der Waals surface area contributed by atoms with Gasteiger partial charge in [0.15, 0.2) is 6.10 Å². The number of likely N-dealkylation sites (tertiary alicyclic amines) is 1. The number of anilines is 1. The highest BCUT2D eigenvalue weighted by molar-refractivity contribution is 5.96. The van der Waals surface area contributed by atoms with Crippen molar-refractivity contribution < 1.29 is 27.8 Å².